The molecule has 22 heavy (non-hydrogen) atoms. The molecule has 4 rings (SSSR count). The van der Waals surface area contributed by atoms with E-state index in [0.29, 0.717) is 16.9 Å². The van der Waals surface area contributed by atoms with Gasteiger partial charge in [0.1, 0.15) is 0 Å². The molecule has 1 aromatic carbocycles. The molecule has 0 saturated carbocycles. The lowest BCUT2D eigenvalue weighted by Crippen LogP contribution is -2.17. The van der Waals surface area contributed by atoms with E-state index in [-0.39, 0.29) is 5.56 Å². The van der Waals surface area contributed by atoms with E-state index in [9.17, 15) is 4.79 Å². The SMILES string of the molecule is Cn1ccc(-c2cnc3c(-c4ccccc4)c[nH]n3c2=O)n1. The molecule has 1 N–H and O–H groups in total. The van der Waals surface area contributed by atoms with E-state index >= 15 is 0 Å². The molecule has 0 fully saturated rings. The van der Waals surface area contributed by atoms with E-state index in [0.717, 1.165) is 11.1 Å². The molecule has 0 radical (unpaired) electrons. The molecule has 0 aliphatic rings. The zero-order valence-electron chi connectivity index (χ0n) is 11.9. The van der Waals surface area contributed by atoms with Crippen molar-refractivity contribution in [3.05, 3.63) is 65.3 Å². The Morgan fingerprint density at radius 3 is 2.64 bits per heavy atom. The van der Waals surface area contributed by atoms with Gasteiger partial charge >= 0.3 is 0 Å². The topological polar surface area (TPSA) is 68.0 Å². The van der Waals surface area contributed by atoms with Gasteiger partial charge in [-0.05, 0) is 11.6 Å². The van der Waals surface area contributed by atoms with E-state index in [1.54, 1.807) is 29.3 Å². The number of aromatic nitrogens is 5. The highest BCUT2D eigenvalue weighted by Crippen LogP contribution is 2.22. The Morgan fingerprint density at radius 1 is 1.09 bits per heavy atom. The summed E-state index contributed by atoms with van der Waals surface area (Å²) in [7, 11) is 1.81. The van der Waals surface area contributed by atoms with Crippen molar-refractivity contribution in [2.24, 2.45) is 7.05 Å². The van der Waals surface area contributed by atoms with E-state index in [1.807, 2.05) is 37.4 Å². The molecule has 0 atom stereocenters. The molecule has 0 aliphatic heterocycles. The van der Waals surface area contributed by atoms with E-state index < -0.39 is 0 Å². The van der Waals surface area contributed by atoms with Crippen molar-refractivity contribution in [1.29, 1.82) is 0 Å². The summed E-state index contributed by atoms with van der Waals surface area (Å²) in [6.45, 7) is 0. The van der Waals surface area contributed by atoms with E-state index in [2.05, 4.69) is 15.2 Å². The summed E-state index contributed by atoms with van der Waals surface area (Å²) in [5, 5.41) is 7.24. The van der Waals surface area contributed by atoms with Gasteiger partial charge in [0, 0.05) is 31.2 Å². The Labute approximate surface area is 125 Å². The van der Waals surface area contributed by atoms with Gasteiger partial charge in [0.15, 0.2) is 5.65 Å². The lowest BCUT2D eigenvalue weighted by molar-refractivity contribution is 0.769. The van der Waals surface area contributed by atoms with Crippen molar-refractivity contribution in [2.75, 3.05) is 0 Å². The second kappa shape index (κ2) is 4.70. The second-order valence-electron chi connectivity index (χ2n) is 5.06. The lowest BCUT2D eigenvalue weighted by Gasteiger charge is -2.00. The van der Waals surface area contributed by atoms with E-state index in [1.165, 1.54) is 4.52 Å². The van der Waals surface area contributed by atoms with Gasteiger partial charge in [-0.1, -0.05) is 30.3 Å². The summed E-state index contributed by atoms with van der Waals surface area (Å²) in [5.74, 6) is 0. The van der Waals surface area contributed by atoms with Crippen LogP contribution in [0, 0.1) is 0 Å². The maximum absolute atomic E-state index is 12.6. The highest BCUT2D eigenvalue weighted by molar-refractivity contribution is 5.77. The van der Waals surface area contributed by atoms with Crippen molar-refractivity contribution in [3.63, 3.8) is 0 Å². The molecule has 0 saturated heterocycles. The minimum Gasteiger partial charge on any atom is -0.296 e. The molecule has 0 bridgehead atoms. The Balaban J connectivity index is 1.93. The number of rotatable bonds is 2. The standard InChI is InChI=1S/C16H13N5O/c1-20-8-7-14(19-20)13-9-17-15-12(10-18-21(15)16(13)22)11-5-3-2-4-6-11/h2-10,18H,1H3. The first-order valence-electron chi connectivity index (χ1n) is 6.88. The fraction of sp³-hybridized carbons (Fsp3) is 0.0625. The first-order chi connectivity index (χ1) is 10.7. The Hall–Kier alpha value is -3.15. The molecule has 0 aliphatic carbocycles. The van der Waals surface area contributed by atoms with Crippen LogP contribution in [0.4, 0.5) is 0 Å². The summed E-state index contributed by atoms with van der Waals surface area (Å²) >= 11 is 0. The van der Waals surface area contributed by atoms with E-state index in [4.69, 9.17) is 0 Å². The van der Waals surface area contributed by atoms with Crippen LogP contribution in [-0.4, -0.2) is 24.4 Å². The van der Waals surface area contributed by atoms with Gasteiger partial charge in [0.2, 0.25) is 0 Å². The van der Waals surface area contributed by atoms with Crippen LogP contribution in [0.15, 0.2) is 59.8 Å². The average molecular weight is 291 g/mol. The van der Waals surface area contributed by atoms with Gasteiger partial charge in [-0.15, -0.1) is 0 Å². The van der Waals surface area contributed by atoms with Crippen molar-refractivity contribution >= 4 is 5.65 Å². The van der Waals surface area contributed by atoms with Crippen molar-refractivity contribution < 1.29 is 0 Å². The number of hydrogen-bond donors (Lipinski definition) is 1. The summed E-state index contributed by atoms with van der Waals surface area (Å²) in [5.41, 5.74) is 3.44. The minimum absolute atomic E-state index is 0.161. The number of H-pyrrole nitrogens is 1. The minimum atomic E-state index is -0.161. The second-order valence-corrected chi connectivity index (χ2v) is 5.06. The lowest BCUT2D eigenvalue weighted by atomic mass is 10.1. The van der Waals surface area contributed by atoms with Crippen LogP contribution in [-0.2, 0) is 7.05 Å². The van der Waals surface area contributed by atoms with Crippen molar-refractivity contribution in [3.8, 4) is 22.4 Å². The molecule has 108 valence electrons. The fourth-order valence-electron chi connectivity index (χ4n) is 2.52. The first-order valence-corrected chi connectivity index (χ1v) is 6.88. The largest absolute Gasteiger partial charge is 0.296 e. The van der Waals surface area contributed by atoms with Crippen LogP contribution in [0.5, 0.6) is 0 Å². The van der Waals surface area contributed by atoms with Crippen molar-refractivity contribution in [2.45, 2.75) is 0 Å². The normalized spacial score (nSPS) is 11.1. The van der Waals surface area contributed by atoms with Gasteiger partial charge in [0.25, 0.3) is 5.56 Å². The summed E-state index contributed by atoms with van der Waals surface area (Å²) in [4.78, 5) is 17.1. The van der Waals surface area contributed by atoms with Gasteiger partial charge in [-0.2, -0.15) is 5.10 Å². The zero-order chi connectivity index (χ0) is 15.1. The molecule has 0 spiro atoms. The Bertz CT molecular complexity index is 1010. The average Bonchev–Trinajstić information content (AvgIpc) is 3.15. The predicted molar refractivity (Wildman–Crippen MR) is 83.5 cm³/mol. The van der Waals surface area contributed by atoms with Gasteiger partial charge in [-0.3, -0.25) is 14.6 Å². The number of fused-ring (bicyclic) bond motifs is 1. The van der Waals surface area contributed by atoms with Gasteiger partial charge in [0.05, 0.1) is 11.3 Å². The summed E-state index contributed by atoms with van der Waals surface area (Å²) in [6, 6.07) is 11.6. The van der Waals surface area contributed by atoms with Crippen LogP contribution < -0.4 is 5.56 Å². The highest BCUT2D eigenvalue weighted by atomic mass is 16.1. The Morgan fingerprint density at radius 2 is 1.91 bits per heavy atom. The number of aromatic amines is 1. The monoisotopic (exact) mass is 291 g/mol. The number of benzene rings is 1. The van der Waals surface area contributed by atoms with Crippen LogP contribution >= 0.6 is 0 Å². The number of aryl methyl sites for hydroxylation is 1. The van der Waals surface area contributed by atoms with Crippen LogP contribution in [0.25, 0.3) is 28.0 Å². The molecule has 3 heterocycles. The van der Waals surface area contributed by atoms with Crippen LogP contribution in [0.1, 0.15) is 0 Å². The molecule has 6 heteroatoms. The quantitative estimate of drug-likeness (QED) is 0.615. The third kappa shape index (κ3) is 1.85. The molecule has 3 aromatic heterocycles. The smallest absolute Gasteiger partial charge is 0.282 e. The van der Waals surface area contributed by atoms with Crippen LogP contribution in [0.2, 0.25) is 0 Å². The fourth-order valence-corrected chi connectivity index (χ4v) is 2.52. The third-order valence-electron chi connectivity index (χ3n) is 3.61. The van der Waals surface area contributed by atoms with Gasteiger partial charge in [-0.25, -0.2) is 9.50 Å². The molecule has 6 nitrogen and oxygen atoms in total. The summed E-state index contributed by atoms with van der Waals surface area (Å²) in [6.07, 6.45) is 5.18. The predicted octanol–water partition coefficient (Wildman–Crippen LogP) is 2.09. The molecular formula is C16H13N5O. The maximum atomic E-state index is 12.6. The van der Waals surface area contributed by atoms with Gasteiger partial charge < -0.3 is 0 Å². The number of hydrogen-bond acceptors (Lipinski definition) is 3. The molecule has 0 amide bonds. The first kappa shape index (κ1) is 12.6. The zero-order valence-corrected chi connectivity index (χ0v) is 11.9. The number of nitrogens with one attached hydrogen (secondary N) is 1. The third-order valence-corrected chi connectivity index (χ3v) is 3.61. The number of nitrogens with zero attached hydrogens (tertiary/aromatic N) is 4. The maximum Gasteiger partial charge on any atom is 0.282 e. The Kier molecular flexibility index (Phi) is 2.69. The molecule has 0 unspecified atom stereocenters. The van der Waals surface area contributed by atoms with Crippen molar-refractivity contribution in [1.82, 2.24) is 24.4 Å². The summed E-state index contributed by atoms with van der Waals surface area (Å²) < 4.78 is 3.11. The highest BCUT2D eigenvalue weighted by Gasteiger charge is 2.13. The molecule has 4 aromatic rings. The van der Waals surface area contributed by atoms with Crippen LogP contribution in [0.3, 0.4) is 0 Å². The molecular weight excluding hydrogens is 278 g/mol.